The van der Waals surface area contributed by atoms with E-state index in [1.165, 1.54) is 6.21 Å². The Kier molecular flexibility index (Phi) is 3.89. The summed E-state index contributed by atoms with van der Waals surface area (Å²) in [4.78, 5) is 13.4. The topological polar surface area (TPSA) is 56.2 Å². The van der Waals surface area contributed by atoms with Crippen LogP contribution in [0.1, 0.15) is 19.3 Å². The number of carbonyl (C=O) groups is 1. The van der Waals surface area contributed by atoms with Crippen molar-refractivity contribution in [3.05, 3.63) is 0 Å². The Balaban J connectivity index is 2.40. The van der Waals surface area contributed by atoms with Crippen molar-refractivity contribution in [1.82, 2.24) is 10.2 Å². The molecule has 2 N–H and O–H groups in total. The van der Waals surface area contributed by atoms with Gasteiger partial charge in [-0.2, -0.15) is 0 Å². The summed E-state index contributed by atoms with van der Waals surface area (Å²) in [5.41, 5.74) is 0. The molecule has 1 unspecified atom stereocenters. The molecule has 74 valence electrons. The lowest BCUT2D eigenvalue weighted by Gasteiger charge is -2.21. The maximum absolute atomic E-state index is 11.6. The molecule has 1 rings (SSSR count). The molecular formula is C9H17N3O. The van der Waals surface area contributed by atoms with Gasteiger partial charge in [0.05, 0.1) is 6.04 Å². The SMILES string of the molecule is CNCCC(=O)N1CCCC1C=N. The molecule has 0 saturated carbocycles. The van der Waals surface area contributed by atoms with Gasteiger partial charge in [0.15, 0.2) is 0 Å². The summed E-state index contributed by atoms with van der Waals surface area (Å²) >= 11 is 0. The van der Waals surface area contributed by atoms with Crippen molar-refractivity contribution in [1.29, 1.82) is 5.41 Å². The molecule has 0 spiro atoms. The van der Waals surface area contributed by atoms with Crippen LogP contribution < -0.4 is 5.32 Å². The molecular weight excluding hydrogens is 166 g/mol. The predicted octanol–water partition coefficient (Wildman–Crippen LogP) is 0.236. The van der Waals surface area contributed by atoms with E-state index in [4.69, 9.17) is 5.41 Å². The van der Waals surface area contributed by atoms with Crippen LogP contribution >= 0.6 is 0 Å². The molecule has 1 heterocycles. The van der Waals surface area contributed by atoms with Crippen LogP contribution in [0.4, 0.5) is 0 Å². The Hall–Kier alpha value is -0.900. The second-order valence-corrected chi connectivity index (χ2v) is 3.32. The van der Waals surface area contributed by atoms with E-state index in [9.17, 15) is 4.79 Å². The molecule has 0 aromatic heterocycles. The molecule has 1 aliphatic heterocycles. The zero-order valence-corrected chi connectivity index (χ0v) is 8.05. The van der Waals surface area contributed by atoms with Crippen molar-refractivity contribution >= 4 is 12.1 Å². The molecule has 4 heteroatoms. The van der Waals surface area contributed by atoms with Crippen molar-refractivity contribution in [2.24, 2.45) is 0 Å². The van der Waals surface area contributed by atoms with Gasteiger partial charge in [-0.15, -0.1) is 0 Å². The first-order chi connectivity index (χ1) is 6.29. The highest BCUT2D eigenvalue weighted by Gasteiger charge is 2.26. The van der Waals surface area contributed by atoms with Gasteiger partial charge in [-0.05, 0) is 19.9 Å². The van der Waals surface area contributed by atoms with Crippen molar-refractivity contribution in [2.45, 2.75) is 25.3 Å². The van der Waals surface area contributed by atoms with Crippen LogP contribution in [0.25, 0.3) is 0 Å². The van der Waals surface area contributed by atoms with Gasteiger partial charge < -0.3 is 15.6 Å². The number of hydrogen-bond acceptors (Lipinski definition) is 3. The van der Waals surface area contributed by atoms with Gasteiger partial charge in [0.2, 0.25) is 5.91 Å². The molecule has 0 bridgehead atoms. The van der Waals surface area contributed by atoms with E-state index < -0.39 is 0 Å². The summed E-state index contributed by atoms with van der Waals surface area (Å²) in [5.74, 6) is 0.167. The lowest BCUT2D eigenvalue weighted by molar-refractivity contribution is -0.130. The summed E-state index contributed by atoms with van der Waals surface area (Å²) in [6.45, 7) is 1.54. The van der Waals surface area contributed by atoms with Gasteiger partial charge in [0.25, 0.3) is 0 Å². The fraction of sp³-hybridized carbons (Fsp3) is 0.778. The Morgan fingerprint density at radius 3 is 3.15 bits per heavy atom. The fourth-order valence-electron chi connectivity index (χ4n) is 1.65. The number of hydrogen-bond donors (Lipinski definition) is 2. The van der Waals surface area contributed by atoms with Crippen molar-refractivity contribution in [2.75, 3.05) is 20.1 Å². The zero-order chi connectivity index (χ0) is 9.68. The molecule has 0 aromatic rings. The predicted molar refractivity (Wildman–Crippen MR) is 52.1 cm³/mol. The molecule has 1 atom stereocenters. The molecule has 4 nitrogen and oxygen atoms in total. The highest BCUT2D eigenvalue weighted by atomic mass is 16.2. The lowest BCUT2D eigenvalue weighted by Crippen LogP contribution is -2.37. The Morgan fingerprint density at radius 1 is 1.77 bits per heavy atom. The monoisotopic (exact) mass is 183 g/mol. The summed E-state index contributed by atoms with van der Waals surface area (Å²) in [6, 6.07) is 0.0596. The number of nitrogens with one attached hydrogen (secondary N) is 2. The van der Waals surface area contributed by atoms with Crippen LogP contribution in [0.2, 0.25) is 0 Å². The third-order valence-electron chi connectivity index (χ3n) is 2.40. The second kappa shape index (κ2) is 4.97. The van der Waals surface area contributed by atoms with E-state index in [-0.39, 0.29) is 11.9 Å². The standard InChI is InChI=1S/C9H17N3O/c1-11-5-4-9(13)12-6-2-3-8(12)7-10/h7-8,10-11H,2-6H2,1H3. The van der Waals surface area contributed by atoms with Crippen molar-refractivity contribution < 1.29 is 4.79 Å². The van der Waals surface area contributed by atoms with Gasteiger partial charge in [-0.1, -0.05) is 0 Å². The maximum atomic E-state index is 11.6. The van der Waals surface area contributed by atoms with Crippen LogP contribution in [0.5, 0.6) is 0 Å². The van der Waals surface area contributed by atoms with E-state index in [0.717, 1.165) is 25.9 Å². The maximum Gasteiger partial charge on any atom is 0.224 e. The van der Waals surface area contributed by atoms with Crippen LogP contribution in [-0.4, -0.2) is 43.2 Å². The molecule has 1 amide bonds. The normalized spacial score (nSPS) is 21.9. The van der Waals surface area contributed by atoms with Gasteiger partial charge in [0, 0.05) is 25.7 Å². The lowest BCUT2D eigenvalue weighted by atomic mass is 10.2. The average Bonchev–Trinajstić information content (AvgIpc) is 2.61. The first kappa shape index (κ1) is 10.2. The Bertz CT molecular complexity index is 193. The van der Waals surface area contributed by atoms with Crippen molar-refractivity contribution in [3.63, 3.8) is 0 Å². The molecule has 0 aromatic carbocycles. The van der Waals surface area contributed by atoms with E-state index in [1.807, 2.05) is 11.9 Å². The quantitative estimate of drug-likeness (QED) is 0.613. The Morgan fingerprint density at radius 2 is 2.54 bits per heavy atom. The zero-order valence-electron chi connectivity index (χ0n) is 8.05. The number of carbonyl (C=O) groups excluding carboxylic acids is 1. The van der Waals surface area contributed by atoms with Crippen LogP contribution in [0.3, 0.4) is 0 Å². The molecule has 1 aliphatic rings. The molecule has 0 radical (unpaired) electrons. The van der Waals surface area contributed by atoms with Gasteiger partial charge >= 0.3 is 0 Å². The summed E-state index contributed by atoms with van der Waals surface area (Å²) in [5, 5.41) is 10.1. The van der Waals surface area contributed by atoms with Gasteiger partial charge in [0.1, 0.15) is 0 Å². The minimum absolute atomic E-state index is 0.0596. The number of likely N-dealkylation sites (tertiary alicyclic amines) is 1. The highest BCUT2D eigenvalue weighted by Crippen LogP contribution is 2.15. The first-order valence-electron chi connectivity index (χ1n) is 4.74. The van der Waals surface area contributed by atoms with E-state index in [2.05, 4.69) is 5.32 Å². The van der Waals surface area contributed by atoms with E-state index in [0.29, 0.717) is 6.42 Å². The van der Waals surface area contributed by atoms with E-state index >= 15 is 0 Å². The number of rotatable bonds is 4. The third kappa shape index (κ3) is 2.52. The van der Waals surface area contributed by atoms with Crippen LogP contribution in [0.15, 0.2) is 0 Å². The summed E-state index contributed by atoms with van der Waals surface area (Å²) in [6.07, 6.45) is 3.91. The van der Waals surface area contributed by atoms with Crippen LogP contribution in [-0.2, 0) is 4.79 Å². The molecule has 1 saturated heterocycles. The second-order valence-electron chi connectivity index (χ2n) is 3.32. The molecule has 13 heavy (non-hydrogen) atoms. The first-order valence-corrected chi connectivity index (χ1v) is 4.74. The number of amides is 1. The van der Waals surface area contributed by atoms with Crippen molar-refractivity contribution in [3.8, 4) is 0 Å². The molecule has 1 fully saturated rings. The van der Waals surface area contributed by atoms with Crippen LogP contribution in [0, 0.1) is 5.41 Å². The van der Waals surface area contributed by atoms with Gasteiger partial charge in [-0.3, -0.25) is 4.79 Å². The Labute approximate surface area is 78.8 Å². The summed E-state index contributed by atoms with van der Waals surface area (Å²) in [7, 11) is 1.84. The minimum Gasteiger partial charge on any atom is -0.335 e. The fourth-order valence-corrected chi connectivity index (χ4v) is 1.65. The number of nitrogens with zero attached hydrogens (tertiary/aromatic N) is 1. The summed E-state index contributed by atoms with van der Waals surface area (Å²) < 4.78 is 0. The smallest absolute Gasteiger partial charge is 0.224 e. The third-order valence-corrected chi connectivity index (χ3v) is 2.40. The van der Waals surface area contributed by atoms with E-state index in [1.54, 1.807) is 0 Å². The average molecular weight is 183 g/mol. The highest BCUT2D eigenvalue weighted by molar-refractivity contribution is 5.80. The molecule has 0 aliphatic carbocycles. The van der Waals surface area contributed by atoms with Gasteiger partial charge in [-0.25, -0.2) is 0 Å². The minimum atomic E-state index is 0.0596. The largest absolute Gasteiger partial charge is 0.335 e.